The van der Waals surface area contributed by atoms with Gasteiger partial charge in [-0.15, -0.1) is 10.2 Å². The average Bonchev–Trinajstić information content (AvgIpc) is 3.71. The Balaban J connectivity index is 1.29. The summed E-state index contributed by atoms with van der Waals surface area (Å²) >= 11 is 0. The topological polar surface area (TPSA) is 134 Å². The number of tetrazole rings is 1. The van der Waals surface area contributed by atoms with E-state index in [4.69, 9.17) is 19.2 Å². The molecule has 0 saturated heterocycles. The van der Waals surface area contributed by atoms with Crippen molar-refractivity contribution in [2.24, 2.45) is 0 Å². The van der Waals surface area contributed by atoms with Crippen LogP contribution in [0.4, 0.5) is 4.79 Å². The fourth-order valence-electron chi connectivity index (χ4n) is 5.91. The predicted octanol–water partition coefficient (Wildman–Crippen LogP) is 6.87. The summed E-state index contributed by atoms with van der Waals surface area (Å²) in [7, 11) is 0. The molecular formula is C34H36N6O5. The maximum atomic E-state index is 13.5. The quantitative estimate of drug-likeness (QED) is 0.133. The van der Waals surface area contributed by atoms with Crippen LogP contribution < -0.4 is 0 Å². The van der Waals surface area contributed by atoms with Gasteiger partial charge in [0.1, 0.15) is 11.9 Å². The van der Waals surface area contributed by atoms with Crippen molar-refractivity contribution < 1.29 is 23.8 Å². The van der Waals surface area contributed by atoms with Gasteiger partial charge in [-0.2, -0.15) is 5.21 Å². The normalized spacial score (nSPS) is 14.3. The zero-order chi connectivity index (χ0) is 31.2. The molecule has 6 rings (SSSR count). The van der Waals surface area contributed by atoms with Crippen molar-refractivity contribution in [2.75, 3.05) is 0 Å². The number of hydrogen-bond acceptors (Lipinski definition) is 9. The van der Waals surface area contributed by atoms with Gasteiger partial charge in [-0.1, -0.05) is 61.9 Å². The molecule has 2 aromatic heterocycles. The van der Waals surface area contributed by atoms with E-state index in [9.17, 15) is 9.59 Å². The number of fused-ring (bicyclic) bond motifs is 1. The average molecular weight is 609 g/mol. The van der Waals surface area contributed by atoms with Crippen LogP contribution in [0.1, 0.15) is 74.1 Å². The third-order valence-corrected chi connectivity index (χ3v) is 7.99. The zero-order valence-corrected chi connectivity index (χ0v) is 25.4. The molecule has 0 amide bonds. The first kappa shape index (κ1) is 30.0. The molecule has 2 heterocycles. The molecule has 5 aromatic rings. The highest BCUT2D eigenvalue weighted by atomic mass is 16.8. The summed E-state index contributed by atoms with van der Waals surface area (Å²) in [6.07, 6.45) is 4.31. The van der Waals surface area contributed by atoms with Crippen molar-refractivity contribution >= 4 is 23.2 Å². The molecule has 45 heavy (non-hydrogen) atoms. The lowest BCUT2D eigenvalue weighted by Gasteiger charge is -2.22. The van der Waals surface area contributed by atoms with Gasteiger partial charge in [0.05, 0.1) is 16.6 Å². The van der Waals surface area contributed by atoms with Crippen molar-refractivity contribution in [3.63, 3.8) is 0 Å². The molecule has 1 aliphatic carbocycles. The fourth-order valence-corrected chi connectivity index (χ4v) is 5.91. The number of nitrogens with one attached hydrogen (secondary N) is 1. The first-order valence-corrected chi connectivity index (χ1v) is 15.5. The molecule has 0 spiro atoms. The third kappa shape index (κ3) is 6.87. The minimum Gasteiger partial charge on any atom is -0.431 e. The first-order chi connectivity index (χ1) is 22.0. The van der Waals surface area contributed by atoms with E-state index in [1.54, 1.807) is 12.1 Å². The molecule has 0 aliphatic heterocycles. The Kier molecular flexibility index (Phi) is 9.14. The minimum absolute atomic E-state index is 0.156. The number of benzene rings is 3. The van der Waals surface area contributed by atoms with Gasteiger partial charge in [0.2, 0.25) is 12.1 Å². The monoisotopic (exact) mass is 608 g/mol. The number of hydrogen-bond donors (Lipinski definition) is 1. The second-order valence-corrected chi connectivity index (χ2v) is 11.2. The fraction of sp³-hybridized carbons (Fsp3) is 0.353. The Morgan fingerprint density at radius 2 is 1.80 bits per heavy atom. The van der Waals surface area contributed by atoms with Gasteiger partial charge in [-0.05, 0) is 72.2 Å². The number of esters is 1. The van der Waals surface area contributed by atoms with Crippen LogP contribution in [-0.4, -0.2) is 54.7 Å². The molecule has 1 fully saturated rings. The SMILES string of the molecule is CCCc1nc2cccc(C(=O)OC(C)OC(=O)OC3CCCCC3)c2n1Cc1ccc(-c2ccccc2)c(-c2nn[nH]n2)c1. The summed E-state index contributed by atoms with van der Waals surface area (Å²) in [5, 5.41) is 14.8. The van der Waals surface area contributed by atoms with Crippen LogP contribution in [0.3, 0.4) is 0 Å². The van der Waals surface area contributed by atoms with Crippen molar-refractivity contribution in [3.8, 4) is 22.5 Å². The molecular weight excluding hydrogens is 572 g/mol. The summed E-state index contributed by atoms with van der Waals surface area (Å²) in [5.41, 5.74) is 5.47. The molecule has 1 N–H and O–H groups in total. The van der Waals surface area contributed by atoms with Crippen molar-refractivity contribution in [1.29, 1.82) is 0 Å². The van der Waals surface area contributed by atoms with Gasteiger partial charge in [-0.3, -0.25) is 0 Å². The van der Waals surface area contributed by atoms with E-state index >= 15 is 0 Å². The summed E-state index contributed by atoms with van der Waals surface area (Å²) in [6.45, 7) is 4.04. The highest BCUT2D eigenvalue weighted by Crippen LogP contribution is 2.32. The van der Waals surface area contributed by atoms with Gasteiger partial charge in [0.25, 0.3) is 0 Å². The number of ether oxygens (including phenoxy) is 3. The first-order valence-electron chi connectivity index (χ1n) is 15.5. The van der Waals surface area contributed by atoms with E-state index in [1.165, 1.54) is 6.92 Å². The van der Waals surface area contributed by atoms with Crippen molar-refractivity contribution in [2.45, 2.75) is 77.7 Å². The molecule has 11 nitrogen and oxygen atoms in total. The van der Waals surface area contributed by atoms with E-state index in [-0.39, 0.29) is 6.10 Å². The molecule has 1 unspecified atom stereocenters. The number of nitrogens with zero attached hydrogens (tertiary/aromatic N) is 5. The third-order valence-electron chi connectivity index (χ3n) is 7.99. The lowest BCUT2D eigenvalue weighted by atomic mass is 9.97. The van der Waals surface area contributed by atoms with Crippen LogP contribution in [-0.2, 0) is 27.2 Å². The number of aromatic nitrogens is 6. The number of carbonyl (C=O) groups is 2. The maximum absolute atomic E-state index is 13.5. The van der Waals surface area contributed by atoms with Gasteiger partial charge in [0, 0.05) is 25.5 Å². The Labute approximate surface area is 260 Å². The summed E-state index contributed by atoms with van der Waals surface area (Å²) in [5.74, 6) is 0.719. The molecule has 1 atom stereocenters. The van der Waals surface area contributed by atoms with Crippen molar-refractivity contribution in [1.82, 2.24) is 30.2 Å². The Hall–Kier alpha value is -5.06. The highest BCUT2D eigenvalue weighted by molar-refractivity contribution is 6.02. The smallest absolute Gasteiger partial charge is 0.431 e. The summed E-state index contributed by atoms with van der Waals surface area (Å²) in [6, 6.07) is 21.6. The van der Waals surface area contributed by atoms with Crippen LogP contribution in [0.25, 0.3) is 33.5 Å². The van der Waals surface area contributed by atoms with E-state index in [1.807, 2.05) is 42.5 Å². The van der Waals surface area contributed by atoms with E-state index < -0.39 is 18.4 Å². The summed E-state index contributed by atoms with van der Waals surface area (Å²) in [4.78, 5) is 30.7. The Morgan fingerprint density at radius 1 is 0.978 bits per heavy atom. The van der Waals surface area contributed by atoms with Gasteiger partial charge in [-0.25, -0.2) is 14.6 Å². The van der Waals surface area contributed by atoms with Crippen LogP contribution in [0.15, 0.2) is 66.7 Å². The minimum atomic E-state index is -1.13. The standard InChI is InChI=1S/C34H36N6O5/c1-3-11-30-35-29-17-10-16-27(33(41)43-22(2)44-34(42)45-25-14-8-5-9-15-25)31(29)40(30)21-23-18-19-26(24-12-6-4-7-13-24)28(20-23)32-36-38-39-37-32/h4,6-7,10,12-13,16-20,22,25H,3,5,8-9,11,14-15,21H2,1-2H3,(H,36,37,38,39). The predicted molar refractivity (Wildman–Crippen MR) is 167 cm³/mol. The number of carbonyl (C=O) groups excluding carboxylic acids is 2. The van der Waals surface area contributed by atoms with Gasteiger partial charge < -0.3 is 18.8 Å². The van der Waals surface area contributed by atoms with E-state index in [0.717, 1.165) is 73.0 Å². The maximum Gasteiger partial charge on any atom is 0.511 e. The largest absolute Gasteiger partial charge is 0.511 e. The lowest BCUT2D eigenvalue weighted by Crippen LogP contribution is -2.26. The molecule has 1 saturated carbocycles. The summed E-state index contributed by atoms with van der Waals surface area (Å²) < 4.78 is 18.3. The van der Waals surface area contributed by atoms with Crippen LogP contribution in [0.5, 0.6) is 0 Å². The second-order valence-electron chi connectivity index (χ2n) is 11.2. The Morgan fingerprint density at radius 3 is 2.56 bits per heavy atom. The van der Waals surface area contributed by atoms with Gasteiger partial charge in [0.15, 0.2) is 0 Å². The number of H-pyrrole nitrogens is 1. The molecule has 3 aromatic carbocycles. The Bertz CT molecular complexity index is 1760. The lowest BCUT2D eigenvalue weighted by molar-refractivity contribution is -0.0914. The second kappa shape index (κ2) is 13.7. The molecule has 0 radical (unpaired) electrons. The van der Waals surface area contributed by atoms with Crippen LogP contribution >= 0.6 is 0 Å². The van der Waals surface area contributed by atoms with Gasteiger partial charge >= 0.3 is 12.1 Å². The number of imidazole rings is 1. The van der Waals surface area contributed by atoms with Crippen LogP contribution in [0.2, 0.25) is 0 Å². The number of para-hydroxylation sites is 1. The number of aromatic amines is 1. The number of rotatable bonds is 10. The van der Waals surface area contributed by atoms with E-state index in [2.05, 4.69) is 44.2 Å². The molecule has 11 heteroatoms. The highest BCUT2D eigenvalue weighted by Gasteiger charge is 2.25. The van der Waals surface area contributed by atoms with Crippen LogP contribution in [0, 0.1) is 0 Å². The number of aryl methyl sites for hydroxylation is 1. The molecule has 0 bridgehead atoms. The van der Waals surface area contributed by atoms with E-state index in [0.29, 0.717) is 29.0 Å². The molecule has 232 valence electrons. The van der Waals surface area contributed by atoms with Crippen molar-refractivity contribution in [3.05, 3.63) is 83.7 Å². The molecule has 1 aliphatic rings. The zero-order valence-electron chi connectivity index (χ0n) is 25.4.